The van der Waals surface area contributed by atoms with Crippen molar-refractivity contribution in [2.24, 2.45) is 0 Å². The van der Waals surface area contributed by atoms with Gasteiger partial charge in [0, 0.05) is 28.9 Å². The number of benzene rings is 2. The number of amides is 2. The highest BCUT2D eigenvalue weighted by Crippen LogP contribution is 2.29. The SMILES string of the molecule is CCOc1ccc(NC(=O)Nc2cc3cccnc3c3cccnc23)cc1. The highest BCUT2D eigenvalue weighted by atomic mass is 16.5. The maximum Gasteiger partial charge on any atom is 0.323 e. The Hall–Kier alpha value is -3.67. The normalized spacial score (nSPS) is 10.7. The topological polar surface area (TPSA) is 76.1 Å². The third-order valence-corrected chi connectivity index (χ3v) is 4.13. The third kappa shape index (κ3) is 3.50. The summed E-state index contributed by atoms with van der Waals surface area (Å²) >= 11 is 0. The van der Waals surface area contributed by atoms with Gasteiger partial charge < -0.3 is 15.4 Å². The first-order chi connectivity index (χ1) is 13.2. The Morgan fingerprint density at radius 3 is 2.48 bits per heavy atom. The van der Waals surface area contributed by atoms with Crippen molar-refractivity contribution in [3.05, 3.63) is 67.0 Å². The standard InChI is InChI=1S/C21H18N4O2/c1-2-27-16-9-7-15(8-10-16)24-21(26)25-18-13-14-5-3-11-22-19(14)17-6-4-12-23-20(17)18/h3-13H,2H2,1H3,(H2,24,25,26). The molecule has 0 saturated heterocycles. The number of aromatic nitrogens is 2. The van der Waals surface area contributed by atoms with Crippen LogP contribution in [0.4, 0.5) is 16.2 Å². The van der Waals surface area contributed by atoms with Crippen LogP contribution in [0.1, 0.15) is 6.92 Å². The van der Waals surface area contributed by atoms with E-state index in [1.54, 1.807) is 24.5 Å². The van der Waals surface area contributed by atoms with E-state index in [2.05, 4.69) is 20.6 Å². The van der Waals surface area contributed by atoms with Gasteiger partial charge in [-0.15, -0.1) is 0 Å². The third-order valence-electron chi connectivity index (χ3n) is 4.13. The molecule has 0 aliphatic rings. The zero-order valence-corrected chi connectivity index (χ0v) is 14.8. The molecule has 2 heterocycles. The first-order valence-corrected chi connectivity index (χ1v) is 8.68. The van der Waals surface area contributed by atoms with E-state index in [1.165, 1.54) is 0 Å². The number of urea groups is 1. The Morgan fingerprint density at radius 1 is 0.963 bits per heavy atom. The molecule has 134 valence electrons. The van der Waals surface area contributed by atoms with Gasteiger partial charge in [0.05, 0.1) is 23.3 Å². The van der Waals surface area contributed by atoms with Crippen molar-refractivity contribution in [3.8, 4) is 5.75 Å². The van der Waals surface area contributed by atoms with Crippen LogP contribution in [0.15, 0.2) is 67.0 Å². The minimum absolute atomic E-state index is 0.339. The first kappa shape index (κ1) is 16.8. The Morgan fingerprint density at radius 2 is 1.70 bits per heavy atom. The first-order valence-electron chi connectivity index (χ1n) is 8.68. The fourth-order valence-electron chi connectivity index (χ4n) is 2.98. The molecule has 0 fully saturated rings. The quantitative estimate of drug-likeness (QED) is 0.513. The lowest BCUT2D eigenvalue weighted by atomic mass is 10.1. The van der Waals surface area contributed by atoms with Crippen molar-refractivity contribution >= 4 is 39.2 Å². The number of carbonyl (C=O) groups is 1. The molecule has 2 aromatic carbocycles. The molecule has 0 bridgehead atoms. The van der Waals surface area contributed by atoms with Crippen molar-refractivity contribution in [2.75, 3.05) is 17.2 Å². The molecule has 27 heavy (non-hydrogen) atoms. The summed E-state index contributed by atoms with van der Waals surface area (Å²) in [6.45, 7) is 2.53. The Kier molecular flexibility index (Phi) is 4.53. The van der Waals surface area contributed by atoms with Crippen molar-refractivity contribution < 1.29 is 9.53 Å². The van der Waals surface area contributed by atoms with Crippen LogP contribution < -0.4 is 15.4 Å². The molecule has 6 nitrogen and oxygen atoms in total. The van der Waals surface area contributed by atoms with Crippen molar-refractivity contribution in [3.63, 3.8) is 0 Å². The van der Waals surface area contributed by atoms with Crippen LogP contribution in [0, 0.1) is 0 Å². The second-order valence-corrected chi connectivity index (χ2v) is 5.94. The molecule has 0 unspecified atom stereocenters. The number of rotatable bonds is 4. The molecule has 0 saturated carbocycles. The summed E-state index contributed by atoms with van der Waals surface area (Å²) in [6.07, 6.45) is 3.45. The lowest BCUT2D eigenvalue weighted by Gasteiger charge is -2.12. The largest absolute Gasteiger partial charge is 0.494 e. The van der Waals surface area contributed by atoms with E-state index in [0.29, 0.717) is 23.5 Å². The van der Waals surface area contributed by atoms with Crippen LogP contribution >= 0.6 is 0 Å². The van der Waals surface area contributed by atoms with Gasteiger partial charge in [-0.05, 0) is 55.5 Å². The summed E-state index contributed by atoms with van der Waals surface area (Å²) in [5.74, 6) is 0.765. The smallest absolute Gasteiger partial charge is 0.323 e. The average molecular weight is 358 g/mol. The molecule has 6 heteroatoms. The van der Waals surface area contributed by atoms with Gasteiger partial charge in [-0.1, -0.05) is 6.07 Å². The van der Waals surface area contributed by atoms with Gasteiger partial charge in [0.2, 0.25) is 0 Å². The molecule has 0 radical (unpaired) electrons. The van der Waals surface area contributed by atoms with Gasteiger partial charge in [-0.2, -0.15) is 0 Å². The maximum absolute atomic E-state index is 12.5. The fraction of sp³-hybridized carbons (Fsp3) is 0.0952. The summed E-state index contributed by atoms with van der Waals surface area (Å²) in [4.78, 5) is 21.3. The number of ether oxygens (including phenoxy) is 1. The highest BCUT2D eigenvalue weighted by molar-refractivity contribution is 6.13. The van der Waals surface area contributed by atoms with E-state index in [4.69, 9.17) is 4.74 Å². The number of carbonyl (C=O) groups excluding carboxylic acids is 1. The molecule has 0 spiro atoms. The molecule has 0 aliphatic carbocycles. The molecule has 2 amide bonds. The number of nitrogens with zero attached hydrogens (tertiary/aromatic N) is 2. The van der Waals surface area contributed by atoms with Gasteiger partial charge in [-0.3, -0.25) is 9.97 Å². The molecular weight excluding hydrogens is 340 g/mol. The summed E-state index contributed by atoms with van der Waals surface area (Å²) in [6, 6.07) is 16.4. The molecule has 4 rings (SSSR count). The zero-order chi connectivity index (χ0) is 18.6. The highest BCUT2D eigenvalue weighted by Gasteiger charge is 2.11. The minimum atomic E-state index is -0.339. The van der Waals surface area contributed by atoms with Crippen molar-refractivity contribution in [2.45, 2.75) is 6.92 Å². The van der Waals surface area contributed by atoms with E-state index in [1.807, 2.05) is 49.4 Å². The van der Waals surface area contributed by atoms with Crippen molar-refractivity contribution in [1.82, 2.24) is 9.97 Å². The number of nitrogens with one attached hydrogen (secondary N) is 2. The summed E-state index contributed by atoms with van der Waals surface area (Å²) < 4.78 is 5.41. The number of anilines is 2. The minimum Gasteiger partial charge on any atom is -0.494 e. The molecule has 0 atom stereocenters. The van der Waals surface area contributed by atoms with E-state index in [-0.39, 0.29) is 6.03 Å². The molecule has 4 aromatic rings. The van der Waals surface area contributed by atoms with Crippen LogP contribution in [-0.2, 0) is 0 Å². The van der Waals surface area contributed by atoms with Gasteiger partial charge in [-0.25, -0.2) is 4.79 Å². The van der Waals surface area contributed by atoms with Gasteiger partial charge in [0.25, 0.3) is 0 Å². The van der Waals surface area contributed by atoms with Crippen LogP contribution in [0.2, 0.25) is 0 Å². The fourth-order valence-corrected chi connectivity index (χ4v) is 2.98. The van der Waals surface area contributed by atoms with E-state index >= 15 is 0 Å². The van der Waals surface area contributed by atoms with Gasteiger partial charge in [0.15, 0.2) is 0 Å². The van der Waals surface area contributed by atoms with Crippen LogP contribution in [-0.4, -0.2) is 22.6 Å². The lowest BCUT2D eigenvalue weighted by Crippen LogP contribution is -2.19. The predicted octanol–water partition coefficient (Wildman–Crippen LogP) is 4.83. The van der Waals surface area contributed by atoms with Crippen LogP contribution in [0.5, 0.6) is 5.75 Å². The Balaban J connectivity index is 1.61. The van der Waals surface area contributed by atoms with E-state index in [9.17, 15) is 4.79 Å². The number of hydrogen-bond donors (Lipinski definition) is 2. The maximum atomic E-state index is 12.5. The van der Waals surface area contributed by atoms with E-state index < -0.39 is 0 Å². The summed E-state index contributed by atoms with van der Waals surface area (Å²) in [5.41, 5.74) is 2.87. The van der Waals surface area contributed by atoms with E-state index in [0.717, 1.165) is 22.0 Å². The van der Waals surface area contributed by atoms with Crippen LogP contribution in [0.25, 0.3) is 21.8 Å². The Bertz CT molecular complexity index is 1110. The average Bonchev–Trinajstić information content (AvgIpc) is 2.70. The number of pyridine rings is 2. The monoisotopic (exact) mass is 358 g/mol. The Labute approximate surface area is 156 Å². The second-order valence-electron chi connectivity index (χ2n) is 5.94. The van der Waals surface area contributed by atoms with Gasteiger partial charge >= 0.3 is 6.03 Å². The molecular formula is C21H18N4O2. The summed E-state index contributed by atoms with van der Waals surface area (Å²) in [7, 11) is 0. The predicted molar refractivity (Wildman–Crippen MR) is 107 cm³/mol. The molecule has 2 aromatic heterocycles. The lowest BCUT2D eigenvalue weighted by molar-refractivity contribution is 0.262. The second kappa shape index (κ2) is 7.29. The number of fused-ring (bicyclic) bond motifs is 3. The number of hydrogen-bond acceptors (Lipinski definition) is 4. The molecule has 0 aliphatic heterocycles. The summed E-state index contributed by atoms with van der Waals surface area (Å²) in [5, 5.41) is 7.55. The zero-order valence-electron chi connectivity index (χ0n) is 14.8. The van der Waals surface area contributed by atoms with Crippen molar-refractivity contribution in [1.29, 1.82) is 0 Å². The van der Waals surface area contributed by atoms with Gasteiger partial charge in [0.1, 0.15) is 5.75 Å². The van der Waals surface area contributed by atoms with Crippen LogP contribution in [0.3, 0.4) is 0 Å². The molecule has 2 N–H and O–H groups in total.